The summed E-state index contributed by atoms with van der Waals surface area (Å²) in [5, 5.41) is 10.7. The van der Waals surface area contributed by atoms with Crippen LogP contribution >= 0.6 is 0 Å². The first-order chi connectivity index (χ1) is 8.49. The van der Waals surface area contributed by atoms with Crippen LogP contribution in [-0.4, -0.2) is 35.7 Å². The Kier molecular flexibility index (Phi) is 6.65. The zero-order valence-corrected chi connectivity index (χ0v) is 12.9. The van der Waals surface area contributed by atoms with Gasteiger partial charge in [-0.25, -0.2) is 0 Å². The molecule has 0 spiro atoms. The van der Waals surface area contributed by atoms with Crippen LogP contribution < -0.4 is 0 Å². The molecule has 1 fully saturated rings. The fraction of sp³-hybridized carbons (Fsp3) is 1.00. The third kappa shape index (κ3) is 4.24. The van der Waals surface area contributed by atoms with Crippen molar-refractivity contribution in [2.75, 3.05) is 14.1 Å². The SMILES string of the molecule is CC(C)CCCC(O)C1(N(C)C)CCCCCC1. The topological polar surface area (TPSA) is 23.5 Å². The Balaban J connectivity index is 2.58. The molecule has 0 bridgehead atoms. The van der Waals surface area contributed by atoms with Gasteiger partial charge in [-0.2, -0.15) is 0 Å². The summed E-state index contributed by atoms with van der Waals surface area (Å²) in [6, 6.07) is 0. The van der Waals surface area contributed by atoms with Crippen molar-refractivity contribution in [3.05, 3.63) is 0 Å². The molecule has 0 heterocycles. The Labute approximate surface area is 114 Å². The first kappa shape index (κ1) is 16.0. The Morgan fingerprint density at radius 2 is 1.56 bits per heavy atom. The average Bonchev–Trinajstić information content (AvgIpc) is 2.54. The molecular formula is C16H33NO. The molecule has 0 amide bonds. The number of nitrogens with zero attached hydrogens (tertiary/aromatic N) is 1. The Hall–Kier alpha value is -0.0800. The summed E-state index contributed by atoms with van der Waals surface area (Å²) in [6.45, 7) is 4.53. The highest BCUT2D eigenvalue weighted by Crippen LogP contribution is 2.35. The van der Waals surface area contributed by atoms with Gasteiger partial charge in [0.2, 0.25) is 0 Å². The second-order valence-electron chi connectivity index (χ2n) is 6.75. The summed E-state index contributed by atoms with van der Waals surface area (Å²) in [7, 11) is 4.30. The van der Waals surface area contributed by atoms with Gasteiger partial charge in [-0.15, -0.1) is 0 Å². The van der Waals surface area contributed by atoms with E-state index in [-0.39, 0.29) is 11.6 Å². The van der Waals surface area contributed by atoms with E-state index in [1.165, 1.54) is 44.9 Å². The molecule has 0 saturated heterocycles. The molecule has 108 valence electrons. The van der Waals surface area contributed by atoms with E-state index in [0.717, 1.165) is 18.8 Å². The van der Waals surface area contributed by atoms with E-state index in [0.29, 0.717) is 0 Å². The van der Waals surface area contributed by atoms with Gasteiger partial charge < -0.3 is 10.0 Å². The van der Waals surface area contributed by atoms with Crippen LogP contribution in [0.1, 0.15) is 71.6 Å². The van der Waals surface area contributed by atoms with Crippen LogP contribution in [0.2, 0.25) is 0 Å². The standard InChI is InChI=1S/C16H33NO/c1-14(2)10-9-11-15(18)16(17(3)4)12-7-5-6-8-13-16/h14-15,18H,5-13H2,1-4H3. The maximum absolute atomic E-state index is 10.7. The van der Waals surface area contributed by atoms with Gasteiger partial charge in [0.1, 0.15) is 0 Å². The molecule has 1 rings (SSSR count). The van der Waals surface area contributed by atoms with Crippen molar-refractivity contribution in [2.45, 2.75) is 83.3 Å². The molecule has 1 aliphatic rings. The third-order valence-electron chi connectivity index (χ3n) is 4.74. The van der Waals surface area contributed by atoms with Gasteiger partial charge in [-0.1, -0.05) is 52.4 Å². The number of rotatable bonds is 6. The van der Waals surface area contributed by atoms with Crippen LogP contribution in [0.5, 0.6) is 0 Å². The van der Waals surface area contributed by atoms with Crippen LogP contribution in [0.15, 0.2) is 0 Å². The van der Waals surface area contributed by atoms with Crippen molar-refractivity contribution in [3.63, 3.8) is 0 Å². The highest BCUT2D eigenvalue weighted by molar-refractivity contribution is 4.95. The van der Waals surface area contributed by atoms with Gasteiger partial charge in [0, 0.05) is 5.54 Å². The second-order valence-corrected chi connectivity index (χ2v) is 6.75. The molecule has 0 aromatic heterocycles. The van der Waals surface area contributed by atoms with Crippen molar-refractivity contribution in [1.29, 1.82) is 0 Å². The Bertz CT molecular complexity index is 217. The summed E-state index contributed by atoms with van der Waals surface area (Å²) < 4.78 is 0. The highest BCUT2D eigenvalue weighted by atomic mass is 16.3. The molecule has 0 aliphatic heterocycles. The quantitative estimate of drug-likeness (QED) is 0.729. The van der Waals surface area contributed by atoms with E-state index in [2.05, 4.69) is 32.8 Å². The maximum atomic E-state index is 10.7. The summed E-state index contributed by atoms with van der Waals surface area (Å²) in [4.78, 5) is 2.30. The minimum atomic E-state index is -0.149. The van der Waals surface area contributed by atoms with E-state index < -0.39 is 0 Å². The molecule has 1 saturated carbocycles. The summed E-state index contributed by atoms with van der Waals surface area (Å²) in [6.07, 6.45) is 10.8. The predicted octanol–water partition coefficient (Wildman–Crippen LogP) is 3.83. The van der Waals surface area contributed by atoms with Gasteiger partial charge in [0.15, 0.2) is 0 Å². The van der Waals surface area contributed by atoms with Crippen LogP contribution in [0.4, 0.5) is 0 Å². The summed E-state index contributed by atoms with van der Waals surface area (Å²) >= 11 is 0. The van der Waals surface area contributed by atoms with Crippen molar-refractivity contribution in [3.8, 4) is 0 Å². The zero-order chi connectivity index (χ0) is 13.6. The molecule has 0 aromatic carbocycles. The lowest BCUT2D eigenvalue weighted by atomic mass is 9.80. The Morgan fingerprint density at radius 3 is 2.00 bits per heavy atom. The van der Waals surface area contributed by atoms with Crippen molar-refractivity contribution < 1.29 is 5.11 Å². The van der Waals surface area contributed by atoms with Crippen LogP contribution in [0, 0.1) is 5.92 Å². The molecule has 0 radical (unpaired) electrons. The second kappa shape index (κ2) is 7.49. The molecular weight excluding hydrogens is 222 g/mol. The monoisotopic (exact) mass is 255 g/mol. The number of hydrogen-bond donors (Lipinski definition) is 1. The normalized spacial score (nSPS) is 22.2. The fourth-order valence-electron chi connectivity index (χ4n) is 3.41. The van der Waals surface area contributed by atoms with Crippen LogP contribution in [-0.2, 0) is 0 Å². The van der Waals surface area contributed by atoms with Crippen molar-refractivity contribution in [1.82, 2.24) is 4.90 Å². The molecule has 18 heavy (non-hydrogen) atoms. The van der Waals surface area contributed by atoms with E-state index in [1.54, 1.807) is 0 Å². The summed E-state index contributed by atoms with van der Waals surface area (Å²) in [5.74, 6) is 0.752. The van der Waals surface area contributed by atoms with E-state index >= 15 is 0 Å². The van der Waals surface area contributed by atoms with Gasteiger partial charge >= 0.3 is 0 Å². The van der Waals surface area contributed by atoms with Crippen LogP contribution in [0.3, 0.4) is 0 Å². The van der Waals surface area contributed by atoms with Gasteiger partial charge in [0.25, 0.3) is 0 Å². The molecule has 1 atom stereocenters. The Morgan fingerprint density at radius 1 is 1.00 bits per heavy atom. The van der Waals surface area contributed by atoms with Gasteiger partial charge in [0.05, 0.1) is 6.10 Å². The number of hydrogen-bond acceptors (Lipinski definition) is 2. The molecule has 2 heteroatoms. The van der Waals surface area contributed by atoms with Gasteiger partial charge in [-0.05, 0) is 39.3 Å². The zero-order valence-electron chi connectivity index (χ0n) is 12.9. The minimum absolute atomic E-state index is 0.0491. The average molecular weight is 255 g/mol. The van der Waals surface area contributed by atoms with Crippen molar-refractivity contribution in [2.24, 2.45) is 5.92 Å². The smallest absolute Gasteiger partial charge is 0.0723 e. The number of aliphatic hydroxyl groups is 1. The van der Waals surface area contributed by atoms with Crippen LogP contribution in [0.25, 0.3) is 0 Å². The number of aliphatic hydroxyl groups excluding tert-OH is 1. The van der Waals surface area contributed by atoms with Gasteiger partial charge in [-0.3, -0.25) is 0 Å². The predicted molar refractivity (Wildman–Crippen MR) is 78.8 cm³/mol. The van der Waals surface area contributed by atoms with E-state index in [4.69, 9.17) is 0 Å². The third-order valence-corrected chi connectivity index (χ3v) is 4.74. The lowest BCUT2D eigenvalue weighted by Crippen LogP contribution is -2.53. The number of likely N-dealkylation sites (N-methyl/N-ethyl adjacent to an activating group) is 1. The molecule has 1 unspecified atom stereocenters. The first-order valence-corrected chi connectivity index (χ1v) is 7.84. The fourth-order valence-corrected chi connectivity index (χ4v) is 3.41. The lowest BCUT2D eigenvalue weighted by Gasteiger charge is -2.43. The molecule has 2 nitrogen and oxygen atoms in total. The first-order valence-electron chi connectivity index (χ1n) is 7.84. The lowest BCUT2D eigenvalue weighted by molar-refractivity contribution is -0.0238. The summed E-state index contributed by atoms with van der Waals surface area (Å²) in [5.41, 5.74) is 0.0491. The maximum Gasteiger partial charge on any atom is 0.0723 e. The molecule has 1 N–H and O–H groups in total. The minimum Gasteiger partial charge on any atom is -0.391 e. The van der Waals surface area contributed by atoms with E-state index in [1.807, 2.05) is 0 Å². The molecule has 1 aliphatic carbocycles. The van der Waals surface area contributed by atoms with Crippen molar-refractivity contribution >= 4 is 0 Å². The van der Waals surface area contributed by atoms with E-state index in [9.17, 15) is 5.11 Å². The largest absolute Gasteiger partial charge is 0.391 e. The highest BCUT2D eigenvalue weighted by Gasteiger charge is 2.39. The molecule has 0 aromatic rings.